The lowest BCUT2D eigenvalue weighted by molar-refractivity contribution is -0.123. The molecule has 144 valence electrons. The zero-order valence-electron chi connectivity index (χ0n) is 16.4. The number of benzene rings is 2. The predicted octanol–water partition coefficient (Wildman–Crippen LogP) is 3.75. The maximum absolute atomic E-state index is 12.1. The molecule has 2 aromatic rings. The number of para-hydroxylation sites is 1. The fraction of sp³-hybridized carbons (Fsp3) is 0.318. The number of carbonyl (C=O) groups is 1. The van der Waals surface area contributed by atoms with Crippen LogP contribution in [0.15, 0.2) is 54.6 Å². The molecule has 0 aliphatic carbocycles. The number of likely N-dealkylation sites (N-methyl/N-ethyl adjacent to an activating group) is 1. The SMILES string of the molecule is C/C=C/c1ccc(OCC(=O)NCC(C)N(C)c2ccccc2)c(OC)c1. The van der Waals surface area contributed by atoms with E-state index in [-0.39, 0.29) is 18.6 Å². The van der Waals surface area contributed by atoms with E-state index in [1.807, 2.05) is 74.7 Å². The van der Waals surface area contributed by atoms with Gasteiger partial charge in [0.2, 0.25) is 0 Å². The van der Waals surface area contributed by atoms with Gasteiger partial charge < -0.3 is 19.7 Å². The lowest BCUT2D eigenvalue weighted by Crippen LogP contribution is -2.41. The average Bonchev–Trinajstić information content (AvgIpc) is 2.71. The number of allylic oxidation sites excluding steroid dienone is 1. The molecule has 5 heteroatoms. The van der Waals surface area contributed by atoms with Gasteiger partial charge in [-0.05, 0) is 43.7 Å². The summed E-state index contributed by atoms with van der Waals surface area (Å²) < 4.78 is 11.0. The average molecular weight is 368 g/mol. The third-order valence-corrected chi connectivity index (χ3v) is 4.32. The Bertz CT molecular complexity index is 759. The molecule has 1 amide bonds. The Labute approximate surface area is 161 Å². The summed E-state index contributed by atoms with van der Waals surface area (Å²) in [5.74, 6) is 0.994. The first-order chi connectivity index (χ1) is 13.0. The Morgan fingerprint density at radius 3 is 2.59 bits per heavy atom. The van der Waals surface area contributed by atoms with E-state index in [0.29, 0.717) is 18.0 Å². The van der Waals surface area contributed by atoms with Crippen molar-refractivity contribution < 1.29 is 14.3 Å². The van der Waals surface area contributed by atoms with E-state index in [2.05, 4.69) is 17.1 Å². The normalized spacial score (nSPS) is 11.9. The van der Waals surface area contributed by atoms with Gasteiger partial charge >= 0.3 is 0 Å². The highest BCUT2D eigenvalue weighted by atomic mass is 16.5. The Kier molecular flexibility index (Phi) is 7.74. The molecule has 0 spiro atoms. The first-order valence-electron chi connectivity index (χ1n) is 9.03. The topological polar surface area (TPSA) is 50.8 Å². The Morgan fingerprint density at radius 2 is 1.93 bits per heavy atom. The van der Waals surface area contributed by atoms with Crippen LogP contribution in [-0.2, 0) is 4.79 Å². The molecule has 2 rings (SSSR count). The van der Waals surface area contributed by atoms with Crippen LogP contribution in [0.4, 0.5) is 5.69 Å². The van der Waals surface area contributed by atoms with Gasteiger partial charge in [-0.3, -0.25) is 4.79 Å². The van der Waals surface area contributed by atoms with Crippen LogP contribution in [0, 0.1) is 0 Å². The number of nitrogens with zero attached hydrogens (tertiary/aromatic N) is 1. The standard InChI is InChI=1S/C22H28N2O3/c1-5-9-18-12-13-20(21(14-18)26-4)27-16-22(25)23-15-17(2)24(3)19-10-7-6-8-11-19/h5-14,17H,15-16H2,1-4H3,(H,23,25)/b9-5+. The van der Waals surface area contributed by atoms with Crippen LogP contribution in [0.5, 0.6) is 11.5 Å². The Hall–Kier alpha value is -2.95. The summed E-state index contributed by atoms with van der Waals surface area (Å²) in [5, 5.41) is 2.91. The van der Waals surface area contributed by atoms with E-state index >= 15 is 0 Å². The summed E-state index contributed by atoms with van der Waals surface area (Å²) >= 11 is 0. The van der Waals surface area contributed by atoms with Crippen LogP contribution in [0.3, 0.4) is 0 Å². The molecule has 0 saturated heterocycles. The maximum Gasteiger partial charge on any atom is 0.258 e. The molecule has 5 nitrogen and oxygen atoms in total. The summed E-state index contributed by atoms with van der Waals surface area (Å²) in [7, 11) is 3.60. The van der Waals surface area contributed by atoms with E-state index in [1.54, 1.807) is 7.11 Å². The monoisotopic (exact) mass is 368 g/mol. The van der Waals surface area contributed by atoms with Gasteiger partial charge in [0.15, 0.2) is 18.1 Å². The quantitative estimate of drug-likeness (QED) is 0.732. The number of nitrogens with one attached hydrogen (secondary N) is 1. The second kappa shape index (κ2) is 10.3. The second-order valence-electron chi connectivity index (χ2n) is 6.30. The molecule has 2 aromatic carbocycles. The lowest BCUT2D eigenvalue weighted by atomic mass is 10.2. The van der Waals surface area contributed by atoms with Crippen molar-refractivity contribution >= 4 is 17.7 Å². The van der Waals surface area contributed by atoms with Gasteiger partial charge in [0, 0.05) is 25.3 Å². The maximum atomic E-state index is 12.1. The summed E-state index contributed by atoms with van der Waals surface area (Å²) in [6.45, 7) is 4.50. The highest BCUT2D eigenvalue weighted by Gasteiger charge is 2.12. The van der Waals surface area contributed by atoms with Gasteiger partial charge in [-0.25, -0.2) is 0 Å². The molecular weight excluding hydrogens is 340 g/mol. The van der Waals surface area contributed by atoms with E-state index in [1.165, 1.54) is 0 Å². The fourth-order valence-electron chi connectivity index (χ4n) is 2.61. The zero-order valence-corrected chi connectivity index (χ0v) is 16.4. The number of anilines is 1. The van der Waals surface area contributed by atoms with Gasteiger partial charge in [-0.2, -0.15) is 0 Å². The number of amides is 1. The number of ether oxygens (including phenoxy) is 2. The van der Waals surface area contributed by atoms with E-state index < -0.39 is 0 Å². The summed E-state index contributed by atoms with van der Waals surface area (Å²) in [4.78, 5) is 14.3. The number of hydrogen-bond donors (Lipinski definition) is 1. The molecule has 0 fully saturated rings. The van der Waals surface area contributed by atoms with Crippen molar-refractivity contribution in [1.29, 1.82) is 0 Å². The third kappa shape index (κ3) is 6.06. The molecule has 0 saturated carbocycles. The van der Waals surface area contributed by atoms with Gasteiger partial charge in [-0.1, -0.05) is 36.4 Å². The molecule has 0 heterocycles. The Morgan fingerprint density at radius 1 is 1.19 bits per heavy atom. The molecule has 0 aromatic heterocycles. The number of rotatable bonds is 9. The highest BCUT2D eigenvalue weighted by molar-refractivity contribution is 5.77. The highest BCUT2D eigenvalue weighted by Crippen LogP contribution is 2.28. The van der Waals surface area contributed by atoms with Crippen LogP contribution in [-0.4, -0.2) is 39.3 Å². The van der Waals surface area contributed by atoms with Crippen molar-refractivity contribution in [1.82, 2.24) is 5.32 Å². The summed E-state index contributed by atoms with van der Waals surface area (Å²) in [6.07, 6.45) is 3.93. The predicted molar refractivity (Wildman–Crippen MR) is 111 cm³/mol. The second-order valence-corrected chi connectivity index (χ2v) is 6.30. The summed E-state index contributed by atoms with van der Waals surface area (Å²) in [5.41, 5.74) is 2.13. The van der Waals surface area contributed by atoms with Crippen molar-refractivity contribution in [2.24, 2.45) is 0 Å². The largest absolute Gasteiger partial charge is 0.493 e. The minimum absolute atomic E-state index is 0.0545. The first-order valence-corrected chi connectivity index (χ1v) is 9.03. The van der Waals surface area contributed by atoms with E-state index in [9.17, 15) is 4.79 Å². The van der Waals surface area contributed by atoms with Crippen molar-refractivity contribution in [3.05, 3.63) is 60.2 Å². The molecule has 27 heavy (non-hydrogen) atoms. The van der Waals surface area contributed by atoms with Gasteiger partial charge in [-0.15, -0.1) is 0 Å². The fourth-order valence-corrected chi connectivity index (χ4v) is 2.61. The minimum Gasteiger partial charge on any atom is -0.493 e. The van der Waals surface area contributed by atoms with Crippen molar-refractivity contribution in [2.75, 3.05) is 32.2 Å². The van der Waals surface area contributed by atoms with Crippen molar-refractivity contribution in [3.8, 4) is 11.5 Å². The number of carbonyl (C=O) groups excluding carboxylic acids is 1. The molecular formula is C22H28N2O3. The number of hydrogen-bond acceptors (Lipinski definition) is 4. The first kappa shape index (κ1) is 20.4. The van der Waals surface area contributed by atoms with E-state index in [0.717, 1.165) is 11.3 Å². The molecule has 0 bridgehead atoms. The van der Waals surface area contributed by atoms with Crippen LogP contribution in [0.1, 0.15) is 19.4 Å². The Balaban J connectivity index is 1.84. The minimum atomic E-state index is -0.164. The molecule has 0 aliphatic heterocycles. The van der Waals surface area contributed by atoms with Crippen molar-refractivity contribution in [3.63, 3.8) is 0 Å². The van der Waals surface area contributed by atoms with Crippen LogP contribution in [0.25, 0.3) is 6.08 Å². The van der Waals surface area contributed by atoms with Crippen molar-refractivity contribution in [2.45, 2.75) is 19.9 Å². The summed E-state index contributed by atoms with van der Waals surface area (Å²) in [6, 6.07) is 15.9. The van der Waals surface area contributed by atoms with E-state index in [4.69, 9.17) is 9.47 Å². The van der Waals surface area contributed by atoms with Gasteiger partial charge in [0.05, 0.1) is 7.11 Å². The molecule has 0 aliphatic rings. The molecule has 1 unspecified atom stereocenters. The number of methoxy groups -OCH3 is 1. The molecule has 0 radical (unpaired) electrons. The molecule has 1 N–H and O–H groups in total. The zero-order chi connectivity index (χ0) is 19.6. The smallest absolute Gasteiger partial charge is 0.258 e. The molecule has 1 atom stereocenters. The van der Waals surface area contributed by atoms with Crippen LogP contribution in [0.2, 0.25) is 0 Å². The third-order valence-electron chi connectivity index (χ3n) is 4.32. The van der Waals surface area contributed by atoms with Crippen LogP contribution >= 0.6 is 0 Å². The van der Waals surface area contributed by atoms with Crippen LogP contribution < -0.4 is 19.7 Å². The van der Waals surface area contributed by atoms with Gasteiger partial charge in [0.25, 0.3) is 5.91 Å². The lowest BCUT2D eigenvalue weighted by Gasteiger charge is -2.27. The van der Waals surface area contributed by atoms with Gasteiger partial charge in [0.1, 0.15) is 0 Å².